The minimum absolute atomic E-state index is 0.0733. The van der Waals surface area contributed by atoms with Crippen molar-refractivity contribution in [1.82, 2.24) is 0 Å². The van der Waals surface area contributed by atoms with E-state index in [9.17, 15) is 13.6 Å². The van der Waals surface area contributed by atoms with E-state index in [2.05, 4.69) is 4.74 Å². The highest BCUT2D eigenvalue weighted by Crippen LogP contribution is 2.15. The third kappa shape index (κ3) is 4.63. The molecule has 3 nitrogen and oxygen atoms in total. The first-order chi connectivity index (χ1) is 8.13. The molecule has 0 aliphatic rings. The number of ether oxygens (including phenoxy) is 2. The zero-order valence-electron chi connectivity index (χ0n) is 9.28. The molecule has 0 aliphatic heterocycles. The van der Waals surface area contributed by atoms with Crippen LogP contribution in [-0.2, 0) is 9.53 Å². The van der Waals surface area contributed by atoms with Crippen LogP contribution in [0.1, 0.15) is 6.92 Å². The van der Waals surface area contributed by atoms with Crippen molar-refractivity contribution in [2.45, 2.75) is 6.92 Å². The Hall–Kier alpha value is -1.91. The highest BCUT2D eigenvalue weighted by atomic mass is 19.2. The lowest BCUT2D eigenvalue weighted by atomic mass is 10.3. The molecule has 0 amide bonds. The van der Waals surface area contributed by atoms with E-state index in [1.807, 2.05) is 0 Å². The molecule has 0 aromatic heterocycles. The quantitative estimate of drug-likeness (QED) is 0.587. The van der Waals surface area contributed by atoms with Gasteiger partial charge in [-0.2, -0.15) is 0 Å². The van der Waals surface area contributed by atoms with Gasteiger partial charge in [0.2, 0.25) is 0 Å². The summed E-state index contributed by atoms with van der Waals surface area (Å²) in [7, 11) is 0. The van der Waals surface area contributed by atoms with E-state index in [4.69, 9.17) is 4.74 Å². The summed E-state index contributed by atoms with van der Waals surface area (Å²) in [6.45, 7) is 2.07. The lowest BCUT2D eigenvalue weighted by molar-refractivity contribution is -0.137. The minimum Gasteiger partial charge on any atom is -0.489 e. The molecule has 17 heavy (non-hydrogen) atoms. The van der Waals surface area contributed by atoms with Crippen LogP contribution < -0.4 is 4.74 Å². The maximum Gasteiger partial charge on any atom is 0.330 e. The number of carbonyl (C=O) groups excluding carboxylic acids is 1. The molecule has 0 atom stereocenters. The van der Waals surface area contributed by atoms with Crippen molar-refractivity contribution < 1.29 is 23.0 Å². The fraction of sp³-hybridized carbons (Fsp3) is 0.250. The number of esters is 1. The van der Waals surface area contributed by atoms with Gasteiger partial charge in [-0.3, -0.25) is 0 Å². The molecule has 1 aromatic rings. The van der Waals surface area contributed by atoms with E-state index >= 15 is 0 Å². The van der Waals surface area contributed by atoms with E-state index in [0.717, 1.165) is 12.1 Å². The molecule has 0 spiro atoms. The van der Waals surface area contributed by atoms with Crippen LogP contribution in [0.25, 0.3) is 0 Å². The number of hydrogen-bond donors (Lipinski definition) is 0. The highest BCUT2D eigenvalue weighted by molar-refractivity contribution is 5.81. The summed E-state index contributed by atoms with van der Waals surface area (Å²) in [5.74, 6) is -2.19. The first-order valence-electron chi connectivity index (χ1n) is 5.04. The van der Waals surface area contributed by atoms with E-state index in [-0.39, 0.29) is 12.4 Å². The van der Waals surface area contributed by atoms with Gasteiger partial charge in [0.1, 0.15) is 12.4 Å². The molecule has 0 radical (unpaired) electrons. The normalized spacial score (nSPS) is 10.5. The maximum absolute atomic E-state index is 12.8. The monoisotopic (exact) mass is 242 g/mol. The lowest BCUT2D eigenvalue weighted by Crippen LogP contribution is -2.01. The van der Waals surface area contributed by atoms with Crippen LogP contribution in [0.2, 0.25) is 0 Å². The standard InChI is InChI=1S/C12H12F2O3/c1-2-16-12(15)4-3-7-17-9-5-6-10(13)11(14)8-9/h3-6,8H,2,7H2,1H3/b4-3+. The Bertz CT molecular complexity index is 416. The van der Waals surface area contributed by atoms with Crippen LogP contribution in [0.5, 0.6) is 5.75 Å². The Morgan fingerprint density at radius 1 is 1.35 bits per heavy atom. The zero-order valence-corrected chi connectivity index (χ0v) is 9.28. The van der Waals surface area contributed by atoms with Gasteiger partial charge in [-0.1, -0.05) is 0 Å². The van der Waals surface area contributed by atoms with Crippen molar-refractivity contribution in [3.63, 3.8) is 0 Å². The number of carbonyl (C=O) groups is 1. The largest absolute Gasteiger partial charge is 0.489 e. The molecule has 0 heterocycles. The van der Waals surface area contributed by atoms with Gasteiger partial charge in [0.05, 0.1) is 6.61 Å². The second kappa shape index (κ2) is 6.62. The molecule has 92 valence electrons. The first-order valence-corrected chi connectivity index (χ1v) is 5.04. The van der Waals surface area contributed by atoms with Gasteiger partial charge in [-0.15, -0.1) is 0 Å². The van der Waals surface area contributed by atoms with Crippen molar-refractivity contribution in [1.29, 1.82) is 0 Å². The predicted molar refractivity (Wildman–Crippen MR) is 57.6 cm³/mol. The summed E-state index contributed by atoms with van der Waals surface area (Å²) >= 11 is 0. The van der Waals surface area contributed by atoms with Crippen molar-refractivity contribution in [3.8, 4) is 5.75 Å². The number of halogens is 2. The average molecular weight is 242 g/mol. The second-order valence-electron chi connectivity index (χ2n) is 3.04. The summed E-state index contributed by atoms with van der Waals surface area (Å²) in [5, 5.41) is 0. The van der Waals surface area contributed by atoms with Crippen molar-refractivity contribution in [3.05, 3.63) is 42.0 Å². The minimum atomic E-state index is -0.975. The SMILES string of the molecule is CCOC(=O)/C=C/COc1ccc(F)c(F)c1. The van der Waals surface area contributed by atoms with Crippen molar-refractivity contribution in [2.75, 3.05) is 13.2 Å². The fourth-order valence-electron chi connectivity index (χ4n) is 1.05. The second-order valence-corrected chi connectivity index (χ2v) is 3.04. The zero-order chi connectivity index (χ0) is 12.7. The van der Waals surface area contributed by atoms with Gasteiger partial charge < -0.3 is 9.47 Å². The van der Waals surface area contributed by atoms with Gasteiger partial charge in [-0.25, -0.2) is 13.6 Å². The molecule has 0 unspecified atom stereocenters. The summed E-state index contributed by atoms with van der Waals surface area (Å²) in [4.78, 5) is 10.9. The maximum atomic E-state index is 12.8. The number of hydrogen-bond acceptors (Lipinski definition) is 3. The smallest absolute Gasteiger partial charge is 0.330 e. The Balaban J connectivity index is 2.40. The van der Waals surface area contributed by atoms with Crippen LogP contribution in [0.4, 0.5) is 8.78 Å². The van der Waals surface area contributed by atoms with Crippen molar-refractivity contribution >= 4 is 5.97 Å². The molecule has 0 fully saturated rings. The van der Waals surface area contributed by atoms with E-state index in [1.54, 1.807) is 6.92 Å². The Morgan fingerprint density at radius 2 is 2.12 bits per heavy atom. The van der Waals surface area contributed by atoms with Gasteiger partial charge >= 0.3 is 5.97 Å². The molecular weight excluding hydrogens is 230 g/mol. The molecule has 0 N–H and O–H groups in total. The van der Waals surface area contributed by atoms with E-state index in [0.29, 0.717) is 6.61 Å². The van der Waals surface area contributed by atoms with Gasteiger partial charge in [0, 0.05) is 12.1 Å². The van der Waals surface area contributed by atoms with Gasteiger partial charge in [0.15, 0.2) is 11.6 Å². The Kier molecular flexibility index (Phi) is 5.13. The predicted octanol–water partition coefficient (Wildman–Crippen LogP) is 2.46. The van der Waals surface area contributed by atoms with Crippen LogP contribution in [0, 0.1) is 11.6 Å². The van der Waals surface area contributed by atoms with Crippen molar-refractivity contribution in [2.24, 2.45) is 0 Å². The number of benzene rings is 1. The van der Waals surface area contributed by atoms with Gasteiger partial charge in [0.25, 0.3) is 0 Å². The summed E-state index contributed by atoms with van der Waals surface area (Å²) < 4.78 is 35.0. The molecule has 0 bridgehead atoms. The highest BCUT2D eigenvalue weighted by Gasteiger charge is 2.02. The van der Waals surface area contributed by atoms with Crippen LogP contribution in [0.3, 0.4) is 0 Å². The summed E-state index contributed by atoms with van der Waals surface area (Å²) in [6.07, 6.45) is 2.64. The third-order valence-corrected chi connectivity index (χ3v) is 1.78. The number of rotatable bonds is 5. The average Bonchev–Trinajstić information content (AvgIpc) is 2.29. The Labute approximate surface area is 97.7 Å². The molecule has 0 saturated heterocycles. The molecule has 1 rings (SSSR count). The summed E-state index contributed by atoms with van der Waals surface area (Å²) in [5.41, 5.74) is 0. The fourth-order valence-corrected chi connectivity index (χ4v) is 1.05. The van der Waals surface area contributed by atoms with Crippen LogP contribution in [-0.4, -0.2) is 19.2 Å². The first kappa shape index (κ1) is 13.2. The van der Waals surface area contributed by atoms with Crippen LogP contribution >= 0.6 is 0 Å². The topological polar surface area (TPSA) is 35.5 Å². The summed E-state index contributed by atoms with van der Waals surface area (Å²) in [6, 6.07) is 3.21. The molecular formula is C12H12F2O3. The molecule has 0 aliphatic carbocycles. The molecule has 1 aromatic carbocycles. The third-order valence-electron chi connectivity index (χ3n) is 1.78. The molecule has 0 saturated carbocycles. The van der Waals surface area contributed by atoms with E-state index < -0.39 is 17.6 Å². The Morgan fingerprint density at radius 3 is 2.76 bits per heavy atom. The molecule has 5 heteroatoms. The van der Waals surface area contributed by atoms with Gasteiger partial charge in [-0.05, 0) is 25.1 Å². The van der Waals surface area contributed by atoms with Crippen LogP contribution in [0.15, 0.2) is 30.4 Å². The lowest BCUT2D eigenvalue weighted by Gasteiger charge is -2.03. The van der Waals surface area contributed by atoms with E-state index in [1.165, 1.54) is 18.2 Å².